The molecule has 4 aromatic heterocycles. The van der Waals surface area contributed by atoms with Crippen LogP contribution in [0.15, 0.2) is 243 Å². The Bertz CT molecular complexity index is 4560. The Balaban J connectivity index is 0.783. The van der Waals surface area contributed by atoms with E-state index in [0.717, 1.165) is 69.2 Å². The van der Waals surface area contributed by atoms with Crippen molar-refractivity contribution in [2.75, 3.05) is 0 Å². The van der Waals surface area contributed by atoms with Crippen LogP contribution in [0, 0.1) is 13.8 Å². The number of nitrogens with zero attached hydrogens (tertiary/aromatic N) is 5. The highest BCUT2D eigenvalue weighted by Crippen LogP contribution is 2.41. The van der Waals surface area contributed by atoms with E-state index in [1.54, 1.807) is 0 Å². The van der Waals surface area contributed by atoms with Gasteiger partial charge in [-0.05, 0) is 134 Å². The van der Waals surface area contributed by atoms with Gasteiger partial charge in [-0.25, -0.2) is 9.97 Å². The fourth-order valence-corrected chi connectivity index (χ4v) is 12.2. The van der Waals surface area contributed by atoms with E-state index in [0.29, 0.717) is 0 Å². The second kappa shape index (κ2) is 17.9. The maximum atomic E-state index is 5.11. The molecule has 0 bridgehead atoms. The molecule has 10 aromatic carbocycles. The summed E-state index contributed by atoms with van der Waals surface area (Å²) in [5.74, 6) is 0.725. The van der Waals surface area contributed by atoms with Crippen LogP contribution in [0.4, 0.5) is 0 Å². The highest BCUT2D eigenvalue weighted by atomic mass is 15.0. The first-order chi connectivity index (χ1) is 38.0. The second-order valence-corrected chi connectivity index (χ2v) is 20.7. The van der Waals surface area contributed by atoms with Crippen LogP contribution in [0.5, 0.6) is 0 Å². The van der Waals surface area contributed by atoms with Gasteiger partial charge in [0.2, 0.25) is 0 Å². The highest BCUT2D eigenvalue weighted by molar-refractivity contribution is 6.13. The monoisotopic (exact) mass is 985 g/mol. The van der Waals surface area contributed by atoms with Crippen molar-refractivity contribution in [1.82, 2.24) is 23.7 Å². The first kappa shape index (κ1) is 44.6. The molecule has 1 aliphatic rings. The van der Waals surface area contributed by atoms with E-state index in [2.05, 4.69) is 276 Å². The molecule has 0 radical (unpaired) electrons. The first-order valence-corrected chi connectivity index (χ1v) is 26.7. The topological polar surface area (TPSA) is 40.6 Å². The minimum atomic E-state index is 0.725. The molecule has 0 amide bonds. The van der Waals surface area contributed by atoms with Crippen LogP contribution in [0.3, 0.4) is 0 Å². The number of allylic oxidation sites excluding steroid dienone is 1. The Hall–Kier alpha value is -9.84. The lowest BCUT2D eigenvalue weighted by molar-refractivity contribution is 0.889. The number of benzene rings is 10. The number of rotatable bonds is 8. The Kier molecular flexibility index (Phi) is 10.4. The molecule has 4 heterocycles. The van der Waals surface area contributed by atoms with Gasteiger partial charge in [0.05, 0.1) is 39.0 Å². The summed E-state index contributed by atoms with van der Waals surface area (Å²) >= 11 is 0. The predicted molar refractivity (Wildman–Crippen MR) is 322 cm³/mol. The second-order valence-electron chi connectivity index (χ2n) is 20.7. The normalized spacial score (nSPS) is 12.4. The molecule has 15 rings (SSSR count). The van der Waals surface area contributed by atoms with Crippen molar-refractivity contribution in [1.29, 1.82) is 0 Å². The van der Waals surface area contributed by atoms with Crippen LogP contribution in [-0.4, -0.2) is 23.7 Å². The molecule has 0 unspecified atom stereocenters. The van der Waals surface area contributed by atoms with Crippen LogP contribution in [0.1, 0.15) is 28.8 Å². The van der Waals surface area contributed by atoms with Crippen molar-refractivity contribution < 1.29 is 0 Å². The molecule has 0 N–H and O–H groups in total. The molecular formula is C72H51N5. The minimum Gasteiger partial charge on any atom is -0.313 e. The van der Waals surface area contributed by atoms with Gasteiger partial charge < -0.3 is 13.7 Å². The van der Waals surface area contributed by atoms with E-state index in [9.17, 15) is 0 Å². The van der Waals surface area contributed by atoms with Gasteiger partial charge >= 0.3 is 0 Å². The molecule has 0 atom stereocenters. The zero-order valence-electron chi connectivity index (χ0n) is 42.8. The molecule has 1 aliphatic carbocycles. The fraction of sp³-hybridized carbons (Fsp3) is 0.0556. The van der Waals surface area contributed by atoms with Crippen LogP contribution in [-0.2, 0) is 6.42 Å². The van der Waals surface area contributed by atoms with Gasteiger partial charge in [-0.3, -0.25) is 0 Å². The summed E-state index contributed by atoms with van der Waals surface area (Å²) in [5, 5.41) is 6.27. The Morgan fingerprint density at radius 1 is 0.325 bits per heavy atom. The highest BCUT2D eigenvalue weighted by Gasteiger charge is 2.22. The maximum Gasteiger partial charge on any atom is 0.160 e. The fourth-order valence-electron chi connectivity index (χ4n) is 12.2. The Labute approximate surface area is 446 Å². The largest absolute Gasteiger partial charge is 0.313 e. The van der Waals surface area contributed by atoms with Crippen molar-refractivity contribution in [2.45, 2.75) is 26.7 Å². The molecule has 0 saturated heterocycles. The average molecular weight is 986 g/mol. The van der Waals surface area contributed by atoms with E-state index in [-0.39, 0.29) is 0 Å². The van der Waals surface area contributed by atoms with Crippen molar-refractivity contribution in [3.05, 3.63) is 265 Å². The average Bonchev–Trinajstić information content (AvgIpc) is 4.19. The molecule has 0 aliphatic heterocycles. The zero-order valence-corrected chi connectivity index (χ0v) is 42.8. The van der Waals surface area contributed by atoms with Crippen molar-refractivity contribution in [3.63, 3.8) is 0 Å². The maximum absolute atomic E-state index is 5.11. The third-order valence-corrected chi connectivity index (χ3v) is 15.9. The van der Waals surface area contributed by atoms with E-state index in [1.807, 2.05) is 0 Å². The molecule has 5 nitrogen and oxygen atoms in total. The number of para-hydroxylation sites is 3. The van der Waals surface area contributed by atoms with Crippen LogP contribution in [0.25, 0.3) is 134 Å². The zero-order chi connectivity index (χ0) is 51.1. The molecule has 77 heavy (non-hydrogen) atoms. The van der Waals surface area contributed by atoms with E-state index in [4.69, 9.17) is 9.97 Å². The molecule has 5 heteroatoms. The summed E-state index contributed by atoms with van der Waals surface area (Å²) in [5.41, 5.74) is 24.2. The molecule has 14 aromatic rings. The molecule has 0 saturated carbocycles. The van der Waals surface area contributed by atoms with Crippen LogP contribution < -0.4 is 0 Å². The molecule has 0 spiro atoms. The van der Waals surface area contributed by atoms with E-state index in [1.165, 1.54) is 93.7 Å². The first-order valence-electron chi connectivity index (χ1n) is 26.7. The van der Waals surface area contributed by atoms with Gasteiger partial charge in [-0.1, -0.05) is 175 Å². The summed E-state index contributed by atoms with van der Waals surface area (Å²) in [6.07, 6.45) is 6.69. The predicted octanol–water partition coefficient (Wildman–Crippen LogP) is 18.5. The van der Waals surface area contributed by atoms with Gasteiger partial charge in [0, 0.05) is 71.9 Å². The molecule has 364 valence electrons. The van der Waals surface area contributed by atoms with Gasteiger partial charge in [-0.2, -0.15) is 0 Å². The minimum absolute atomic E-state index is 0.725. The lowest BCUT2D eigenvalue weighted by atomic mass is 9.98. The Morgan fingerprint density at radius 2 is 0.766 bits per heavy atom. The van der Waals surface area contributed by atoms with Crippen molar-refractivity contribution >= 4 is 60.6 Å². The SMILES string of the molecule is Cc1cccc(-c2cc(-c3ccc(-c4ccc(-c5ccc(-n6c7ccc(-n8c9c(c%10ccccc%108)C=CCC9)cc7c7cc(-n8c9ccccc9c9ccccc98)ccc76)cc5)cc4)cc3)nc(-c3cccc(C)c3)n2)c1. The van der Waals surface area contributed by atoms with Crippen LogP contribution >= 0.6 is 0 Å². The smallest absolute Gasteiger partial charge is 0.160 e. The standard InChI is InChI=1S/C72H51N5/c1-46-13-11-15-53(41-46)65-45-64(73-72(74-65)54-16-12-14-47(2)42-54)52-31-29-50(30-32-52)48-25-27-49(28-26-48)51-33-35-55(36-34-51)75-70-39-37-56(76-66-21-7-3-17-58(66)59-18-4-8-22-67(59)76)43-62(70)63-44-57(38-40-71(63)75)77-68-23-9-5-19-60(68)61-20-6-10-24-69(61)77/h3-9,11-23,25-45H,10,24H2,1-2H3. The van der Waals surface area contributed by atoms with Gasteiger partial charge in [0.15, 0.2) is 5.82 Å². The third-order valence-electron chi connectivity index (χ3n) is 15.9. The summed E-state index contributed by atoms with van der Waals surface area (Å²) in [6.45, 7) is 4.23. The number of hydrogen-bond donors (Lipinski definition) is 0. The van der Waals surface area contributed by atoms with E-state index >= 15 is 0 Å². The number of aromatic nitrogens is 5. The lowest BCUT2D eigenvalue weighted by Gasteiger charge is -2.14. The Morgan fingerprint density at radius 3 is 1.35 bits per heavy atom. The van der Waals surface area contributed by atoms with Gasteiger partial charge in [-0.15, -0.1) is 0 Å². The molecular weight excluding hydrogens is 935 g/mol. The summed E-state index contributed by atoms with van der Waals surface area (Å²) < 4.78 is 7.38. The lowest BCUT2D eigenvalue weighted by Crippen LogP contribution is -2.03. The number of hydrogen-bond acceptors (Lipinski definition) is 2. The van der Waals surface area contributed by atoms with Gasteiger partial charge in [0.25, 0.3) is 0 Å². The van der Waals surface area contributed by atoms with Crippen molar-refractivity contribution in [3.8, 4) is 73.2 Å². The number of aryl methyl sites for hydroxylation is 2. The van der Waals surface area contributed by atoms with E-state index < -0.39 is 0 Å². The third kappa shape index (κ3) is 7.53. The van der Waals surface area contributed by atoms with Crippen molar-refractivity contribution in [2.24, 2.45) is 0 Å². The molecule has 0 fully saturated rings. The summed E-state index contributed by atoms with van der Waals surface area (Å²) in [6, 6.07) is 86.4. The number of fused-ring (bicyclic) bond motifs is 9. The summed E-state index contributed by atoms with van der Waals surface area (Å²) in [4.78, 5) is 10.2. The summed E-state index contributed by atoms with van der Waals surface area (Å²) in [7, 11) is 0. The quantitative estimate of drug-likeness (QED) is 0.152. The van der Waals surface area contributed by atoms with Crippen LogP contribution in [0.2, 0.25) is 0 Å². The van der Waals surface area contributed by atoms with Gasteiger partial charge in [0.1, 0.15) is 0 Å².